The van der Waals surface area contributed by atoms with E-state index < -0.39 is 5.97 Å². The van der Waals surface area contributed by atoms with Crippen molar-refractivity contribution in [1.82, 2.24) is 4.57 Å². The summed E-state index contributed by atoms with van der Waals surface area (Å²) >= 11 is 0. The summed E-state index contributed by atoms with van der Waals surface area (Å²) in [5.74, 6) is -0.591. The van der Waals surface area contributed by atoms with E-state index in [9.17, 15) is 9.90 Å². The number of aromatic nitrogens is 1. The molecule has 0 aliphatic heterocycles. The van der Waals surface area contributed by atoms with Gasteiger partial charge >= 0.3 is 5.97 Å². The highest BCUT2D eigenvalue weighted by Crippen LogP contribution is 2.22. The largest absolute Gasteiger partial charge is 0.505 e. The zero-order chi connectivity index (χ0) is 12.3. The molecule has 0 fully saturated rings. The van der Waals surface area contributed by atoms with Gasteiger partial charge < -0.3 is 14.4 Å². The Bertz CT molecular complexity index is 517. The number of hydrogen-bond donors (Lipinski definition) is 1. The molecule has 1 heterocycles. The molecule has 0 saturated carbocycles. The van der Waals surface area contributed by atoms with Gasteiger partial charge in [0.2, 0.25) is 0 Å². The van der Waals surface area contributed by atoms with E-state index in [-0.39, 0.29) is 17.9 Å². The number of aromatic hydroxyl groups is 1. The molecule has 0 saturated heterocycles. The van der Waals surface area contributed by atoms with Crippen molar-refractivity contribution in [3.8, 4) is 11.4 Å². The van der Waals surface area contributed by atoms with Gasteiger partial charge in [-0.05, 0) is 19.1 Å². The summed E-state index contributed by atoms with van der Waals surface area (Å²) in [6, 6.07) is 9.44. The molecule has 2 rings (SSSR count). The van der Waals surface area contributed by atoms with Crippen LogP contribution in [0.5, 0.6) is 5.75 Å². The first kappa shape index (κ1) is 11.3. The van der Waals surface area contributed by atoms with Crippen LogP contribution in [-0.2, 0) is 4.74 Å². The fraction of sp³-hybridized carbons (Fsp3) is 0.154. The molecule has 0 radical (unpaired) electrons. The third kappa shape index (κ3) is 2.30. The van der Waals surface area contributed by atoms with Crippen LogP contribution in [0.25, 0.3) is 5.69 Å². The quantitative estimate of drug-likeness (QED) is 0.825. The SMILES string of the molecule is CCOC(=O)c1cn(-c2ccccc2)cc1O. The highest BCUT2D eigenvalue weighted by molar-refractivity contribution is 5.92. The minimum atomic E-state index is -0.514. The van der Waals surface area contributed by atoms with Crippen molar-refractivity contribution in [2.24, 2.45) is 0 Å². The van der Waals surface area contributed by atoms with Crippen molar-refractivity contribution in [2.45, 2.75) is 6.92 Å². The summed E-state index contributed by atoms with van der Waals surface area (Å²) in [5, 5.41) is 9.67. The molecule has 4 heteroatoms. The van der Waals surface area contributed by atoms with E-state index in [0.29, 0.717) is 0 Å². The van der Waals surface area contributed by atoms with Crippen LogP contribution in [0.4, 0.5) is 0 Å². The molecule has 17 heavy (non-hydrogen) atoms. The van der Waals surface area contributed by atoms with E-state index >= 15 is 0 Å². The van der Waals surface area contributed by atoms with Gasteiger partial charge in [0, 0.05) is 11.9 Å². The third-order valence-electron chi connectivity index (χ3n) is 2.36. The summed E-state index contributed by atoms with van der Waals surface area (Å²) in [7, 11) is 0. The van der Waals surface area contributed by atoms with Crippen molar-refractivity contribution in [3.63, 3.8) is 0 Å². The fourth-order valence-electron chi connectivity index (χ4n) is 1.56. The minimum absolute atomic E-state index is 0.0766. The van der Waals surface area contributed by atoms with E-state index in [1.54, 1.807) is 17.7 Å². The lowest BCUT2D eigenvalue weighted by atomic mass is 10.3. The van der Waals surface area contributed by atoms with Gasteiger partial charge in [0.15, 0.2) is 0 Å². The maximum atomic E-state index is 11.5. The first-order chi connectivity index (χ1) is 8.22. The average Bonchev–Trinajstić information content (AvgIpc) is 2.73. The highest BCUT2D eigenvalue weighted by Gasteiger charge is 2.15. The molecule has 1 N–H and O–H groups in total. The number of esters is 1. The zero-order valence-corrected chi connectivity index (χ0v) is 9.46. The van der Waals surface area contributed by atoms with E-state index in [1.165, 1.54) is 6.20 Å². The first-order valence-corrected chi connectivity index (χ1v) is 5.36. The number of ether oxygens (including phenoxy) is 1. The Hall–Kier alpha value is -2.23. The number of hydrogen-bond acceptors (Lipinski definition) is 3. The van der Waals surface area contributed by atoms with Gasteiger partial charge in [0.05, 0.1) is 12.8 Å². The van der Waals surface area contributed by atoms with Crippen molar-refractivity contribution in [2.75, 3.05) is 6.61 Å². The number of benzene rings is 1. The Kier molecular flexibility index (Phi) is 3.14. The highest BCUT2D eigenvalue weighted by atomic mass is 16.5. The number of para-hydroxylation sites is 1. The Morgan fingerprint density at radius 1 is 1.29 bits per heavy atom. The lowest BCUT2D eigenvalue weighted by Gasteiger charge is -2.00. The van der Waals surface area contributed by atoms with Crippen molar-refractivity contribution < 1.29 is 14.6 Å². The summed E-state index contributed by atoms with van der Waals surface area (Å²) in [5.41, 5.74) is 1.05. The second-order valence-electron chi connectivity index (χ2n) is 3.52. The van der Waals surface area contributed by atoms with Crippen LogP contribution >= 0.6 is 0 Å². The third-order valence-corrected chi connectivity index (χ3v) is 2.36. The molecule has 4 nitrogen and oxygen atoms in total. The standard InChI is InChI=1S/C13H13NO3/c1-2-17-13(16)11-8-14(9-12(11)15)10-6-4-3-5-7-10/h3-9,15H,2H2,1H3. The van der Waals surface area contributed by atoms with Gasteiger partial charge in [0.25, 0.3) is 0 Å². The van der Waals surface area contributed by atoms with Gasteiger partial charge in [-0.1, -0.05) is 18.2 Å². The van der Waals surface area contributed by atoms with Crippen LogP contribution in [0.1, 0.15) is 17.3 Å². The van der Waals surface area contributed by atoms with Gasteiger partial charge in [-0.3, -0.25) is 0 Å². The molecular weight excluding hydrogens is 218 g/mol. The maximum absolute atomic E-state index is 11.5. The Morgan fingerprint density at radius 3 is 2.65 bits per heavy atom. The van der Waals surface area contributed by atoms with Crippen LogP contribution in [0.15, 0.2) is 42.7 Å². The van der Waals surface area contributed by atoms with Crippen LogP contribution in [0.2, 0.25) is 0 Å². The Labute approximate surface area is 99.1 Å². The second kappa shape index (κ2) is 4.74. The maximum Gasteiger partial charge on any atom is 0.343 e. The van der Waals surface area contributed by atoms with Crippen LogP contribution in [-0.4, -0.2) is 22.2 Å². The molecule has 0 bridgehead atoms. The molecule has 0 unspecified atom stereocenters. The lowest BCUT2D eigenvalue weighted by Crippen LogP contribution is -2.03. The van der Waals surface area contributed by atoms with E-state index in [4.69, 9.17) is 4.74 Å². The molecule has 2 aromatic rings. The molecule has 0 atom stereocenters. The molecule has 0 aliphatic carbocycles. The van der Waals surface area contributed by atoms with Gasteiger partial charge in [-0.15, -0.1) is 0 Å². The predicted octanol–water partition coefficient (Wildman–Crippen LogP) is 2.36. The van der Waals surface area contributed by atoms with Crippen molar-refractivity contribution in [3.05, 3.63) is 48.3 Å². The molecule has 0 aliphatic rings. The molecule has 1 aromatic carbocycles. The van der Waals surface area contributed by atoms with E-state index in [2.05, 4.69) is 0 Å². The summed E-state index contributed by atoms with van der Waals surface area (Å²) in [6.45, 7) is 2.01. The Balaban J connectivity index is 2.34. The summed E-state index contributed by atoms with van der Waals surface area (Å²) in [4.78, 5) is 11.5. The fourth-order valence-corrected chi connectivity index (χ4v) is 1.56. The van der Waals surface area contributed by atoms with Gasteiger partial charge in [-0.2, -0.15) is 0 Å². The second-order valence-corrected chi connectivity index (χ2v) is 3.52. The summed E-state index contributed by atoms with van der Waals surface area (Å²) < 4.78 is 6.53. The van der Waals surface area contributed by atoms with Gasteiger partial charge in [-0.25, -0.2) is 4.79 Å². The monoisotopic (exact) mass is 231 g/mol. The molecule has 1 aromatic heterocycles. The van der Waals surface area contributed by atoms with E-state index in [0.717, 1.165) is 5.69 Å². The number of nitrogens with zero attached hydrogens (tertiary/aromatic N) is 1. The number of carbonyl (C=O) groups excluding carboxylic acids is 1. The Morgan fingerprint density at radius 2 is 2.00 bits per heavy atom. The minimum Gasteiger partial charge on any atom is -0.505 e. The van der Waals surface area contributed by atoms with E-state index in [1.807, 2.05) is 30.3 Å². The predicted molar refractivity (Wildman–Crippen MR) is 63.4 cm³/mol. The number of rotatable bonds is 3. The smallest absolute Gasteiger partial charge is 0.343 e. The van der Waals surface area contributed by atoms with Crippen LogP contribution in [0, 0.1) is 0 Å². The lowest BCUT2D eigenvalue weighted by molar-refractivity contribution is 0.0523. The van der Waals surface area contributed by atoms with Gasteiger partial charge in [0.1, 0.15) is 11.3 Å². The van der Waals surface area contributed by atoms with Crippen molar-refractivity contribution >= 4 is 5.97 Å². The topological polar surface area (TPSA) is 51.5 Å². The number of carbonyl (C=O) groups is 1. The molecule has 88 valence electrons. The van der Waals surface area contributed by atoms with Crippen LogP contribution < -0.4 is 0 Å². The van der Waals surface area contributed by atoms with Crippen molar-refractivity contribution in [1.29, 1.82) is 0 Å². The summed E-state index contributed by atoms with van der Waals surface area (Å²) in [6.07, 6.45) is 3.05. The zero-order valence-electron chi connectivity index (χ0n) is 9.46. The van der Waals surface area contributed by atoms with Crippen LogP contribution in [0.3, 0.4) is 0 Å². The molecule has 0 spiro atoms. The average molecular weight is 231 g/mol. The molecular formula is C13H13NO3. The normalized spacial score (nSPS) is 10.2. The first-order valence-electron chi connectivity index (χ1n) is 5.36. The molecule has 0 amide bonds.